The van der Waals surface area contributed by atoms with E-state index in [0.717, 1.165) is 27.8 Å². The molecular formula is C45H29N3. The van der Waals surface area contributed by atoms with E-state index in [9.17, 15) is 0 Å². The number of rotatable bonds is 5. The first-order chi connectivity index (χ1) is 23.8. The number of nitrogens with zero attached hydrogens (tertiary/aromatic N) is 3. The summed E-state index contributed by atoms with van der Waals surface area (Å²) in [5.74, 6) is 1.93. The SMILES string of the molecule is c1ccc(-c2ccc(-c3nc(-c4ccc(-c5ccccc5)cc4)nc(-c4ccc5ccc6ccc7ccccc7c6c5c4)n3)cc2)cc1. The van der Waals surface area contributed by atoms with Gasteiger partial charge in [0.1, 0.15) is 0 Å². The average Bonchev–Trinajstić information content (AvgIpc) is 3.18. The zero-order chi connectivity index (χ0) is 31.9. The predicted octanol–water partition coefficient (Wildman–Crippen LogP) is 11.7. The van der Waals surface area contributed by atoms with Crippen LogP contribution in [0.1, 0.15) is 0 Å². The summed E-state index contributed by atoms with van der Waals surface area (Å²) in [4.78, 5) is 15.2. The lowest BCUT2D eigenvalue weighted by atomic mass is 9.95. The molecule has 0 bridgehead atoms. The molecule has 3 heteroatoms. The Labute approximate surface area is 278 Å². The van der Waals surface area contributed by atoms with Crippen molar-refractivity contribution in [2.24, 2.45) is 0 Å². The second kappa shape index (κ2) is 11.7. The van der Waals surface area contributed by atoms with Gasteiger partial charge in [0.15, 0.2) is 17.5 Å². The first-order valence-corrected chi connectivity index (χ1v) is 16.2. The zero-order valence-corrected chi connectivity index (χ0v) is 26.1. The maximum Gasteiger partial charge on any atom is 0.164 e. The molecule has 0 N–H and O–H groups in total. The average molecular weight is 612 g/mol. The number of hydrogen-bond donors (Lipinski definition) is 0. The maximum atomic E-state index is 5.09. The molecule has 0 saturated carbocycles. The molecule has 224 valence electrons. The third-order valence-corrected chi connectivity index (χ3v) is 9.12. The molecule has 8 aromatic carbocycles. The van der Waals surface area contributed by atoms with Crippen LogP contribution in [0.5, 0.6) is 0 Å². The van der Waals surface area contributed by atoms with Crippen LogP contribution in [0.25, 0.3) is 88.7 Å². The minimum Gasteiger partial charge on any atom is -0.208 e. The van der Waals surface area contributed by atoms with E-state index in [4.69, 9.17) is 15.0 Å². The van der Waals surface area contributed by atoms with Crippen LogP contribution in [0.15, 0.2) is 176 Å². The van der Waals surface area contributed by atoms with Gasteiger partial charge in [-0.15, -0.1) is 0 Å². The Morgan fingerprint density at radius 1 is 0.250 bits per heavy atom. The highest BCUT2D eigenvalue weighted by Crippen LogP contribution is 2.35. The summed E-state index contributed by atoms with van der Waals surface area (Å²) >= 11 is 0. The van der Waals surface area contributed by atoms with Crippen molar-refractivity contribution in [3.63, 3.8) is 0 Å². The van der Waals surface area contributed by atoms with Crippen molar-refractivity contribution >= 4 is 32.3 Å². The lowest BCUT2D eigenvalue weighted by Crippen LogP contribution is -2.00. The van der Waals surface area contributed by atoms with Crippen LogP contribution < -0.4 is 0 Å². The van der Waals surface area contributed by atoms with Crippen LogP contribution in [0, 0.1) is 0 Å². The number of hydrogen-bond acceptors (Lipinski definition) is 3. The molecule has 1 heterocycles. The summed E-state index contributed by atoms with van der Waals surface area (Å²) < 4.78 is 0. The van der Waals surface area contributed by atoms with Crippen LogP contribution in [0.2, 0.25) is 0 Å². The molecule has 9 rings (SSSR count). The molecule has 0 amide bonds. The lowest BCUT2D eigenvalue weighted by Gasteiger charge is -2.12. The summed E-state index contributed by atoms with van der Waals surface area (Å²) in [5.41, 5.74) is 7.49. The van der Waals surface area contributed by atoms with Gasteiger partial charge in [-0.2, -0.15) is 0 Å². The van der Waals surface area contributed by atoms with Gasteiger partial charge in [-0.1, -0.05) is 170 Å². The molecule has 0 unspecified atom stereocenters. The molecule has 48 heavy (non-hydrogen) atoms. The topological polar surface area (TPSA) is 38.7 Å². The van der Waals surface area contributed by atoms with Gasteiger partial charge in [-0.05, 0) is 60.6 Å². The van der Waals surface area contributed by atoms with E-state index in [1.807, 2.05) is 12.1 Å². The van der Waals surface area contributed by atoms with Gasteiger partial charge < -0.3 is 0 Å². The Hall–Kier alpha value is -6.45. The summed E-state index contributed by atoms with van der Waals surface area (Å²) in [6.45, 7) is 0. The van der Waals surface area contributed by atoms with E-state index in [1.165, 1.54) is 43.4 Å². The highest BCUT2D eigenvalue weighted by atomic mass is 15.0. The minimum atomic E-state index is 0.644. The van der Waals surface area contributed by atoms with E-state index < -0.39 is 0 Å². The molecule has 0 saturated heterocycles. The van der Waals surface area contributed by atoms with Crippen LogP contribution in [-0.2, 0) is 0 Å². The quantitative estimate of drug-likeness (QED) is 0.182. The first kappa shape index (κ1) is 27.8. The Balaban J connectivity index is 1.21. The van der Waals surface area contributed by atoms with Crippen molar-refractivity contribution < 1.29 is 0 Å². The van der Waals surface area contributed by atoms with Gasteiger partial charge >= 0.3 is 0 Å². The summed E-state index contributed by atoms with van der Waals surface area (Å²) in [6.07, 6.45) is 0. The molecule has 0 aliphatic carbocycles. The largest absolute Gasteiger partial charge is 0.208 e. The van der Waals surface area contributed by atoms with Crippen molar-refractivity contribution in [3.05, 3.63) is 176 Å². The maximum absolute atomic E-state index is 5.09. The van der Waals surface area contributed by atoms with E-state index in [-0.39, 0.29) is 0 Å². The summed E-state index contributed by atoms with van der Waals surface area (Å²) in [5, 5.41) is 7.30. The smallest absolute Gasteiger partial charge is 0.164 e. The van der Waals surface area contributed by atoms with Gasteiger partial charge in [0.05, 0.1) is 0 Å². The highest BCUT2D eigenvalue weighted by Gasteiger charge is 2.15. The molecule has 0 fully saturated rings. The fourth-order valence-electron chi connectivity index (χ4n) is 6.61. The van der Waals surface area contributed by atoms with Crippen LogP contribution in [-0.4, -0.2) is 15.0 Å². The molecule has 1 aromatic heterocycles. The first-order valence-electron chi connectivity index (χ1n) is 16.2. The van der Waals surface area contributed by atoms with Gasteiger partial charge in [0, 0.05) is 16.7 Å². The number of aromatic nitrogens is 3. The fourth-order valence-corrected chi connectivity index (χ4v) is 6.61. The third kappa shape index (κ3) is 5.08. The van der Waals surface area contributed by atoms with E-state index >= 15 is 0 Å². The molecular weight excluding hydrogens is 583 g/mol. The third-order valence-electron chi connectivity index (χ3n) is 9.12. The molecule has 0 spiro atoms. The molecule has 9 aromatic rings. The van der Waals surface area contributed by atoms with Gasteiger partial charge in [-0.3, -0.25) is 0 Å². The van der Waals surface area contributed by atoms with E-state index in [0.29, 0.717) is 17.5 Å². The lowest BCUT2D eigenvalue weighted by molar-refractivity contribution is 1.07. The molecule has 0 atom stereocenters. The molecule has 0 radical (unpaired) electrons. The summed E-state index contributed by atoms with van der Waals surface area (Å²) in [6, 6.07) is 61.7. The van der Waals surface area contributed by atoms with E-state index in [1.54, 1.807) is 0 Å². The van der Waals surface area contributed by atoms with Crippen molar-refractivity contribution in [2.45, 2.75) is 0 Å². The monoisotopic (exact) mass is 611 g/mol. The highest BCUT2D eigenvalue weighted by molar-refractivity contribution is 6.20. The summed E-state index contributed by atoms with van der Waals surface area (Å²) in [7, 11) is 0. The standard InChI is InChI=1S/C45H29N3/c1-3-9-30(10-4-1)32-15-24-37(25-16-32)43-46-44(38-26-17-33(18-27-38)31-11-5-2-6-12-31)48-45(47-43)39-28-21-35-20-23-36-22-19-34-13-7-8-14-40(34)42(36)41(35)29-39/h1-29H. The molecule has 3 nitrogen and oxygen atoms in total. The minimum absolute atomic E-state index is 0.644. The van der Waals surface area contributed by atoms with Gasteiger partial charge in [0.25, 0.3) is 0 Å². The molecule has 0 aliphatic heterocycles. The second-order valence-electron chi connectivity index (χ2n) is 12.1. The van der Waals surface area contributed by atoms with Crippen molar-refractivity contribution in [1.82, 2.24) is 15.0 Å². The van der Waals surface area contributed by atoms with Crippen molar-refractivity contribution in [2.75, 3.05) is 0 Å². The molecule has 0 aliphatic rings. The number of fused-ring (bicyclic) bond motifs is 5. The zero-order valence-electron chi connectivity index (χ0n) is 26.1. The van der Waals surface area contributed by atoms with E-state index in [2.05, 4.69) is 164 Å². The predicted molar refractivity (Wildman–Crippen MR) is 200 cm³/mol. The van der Waals surface area contributed by atoms with Crippen molar-refractivity contribution in [3.8, 4) is 56.4 Å². The Bertz CT molecular complexity index is 2470. The Morgan fingerprint density at radius 3 is 1.19 bits per heavy atom. The fraction of sp³-hybridized carbons (Fsp3) is 0. The Kier molecular flexibility index (Phi) is 6.80. The normalized spacial score (nSPS) is 11.3. The number of benzene rings is 8. The van der Waals surface area contributed by atoms with Crippen molar-refractivity contribution in [1.29, 1.82) is 0 Å². The van der Waals surface area contributed by atoms with Crippen LogP contribution in [0.3, 0.4) is 0 Å². The second-order valence-corrected chi connectivity index (χ2v) is 12.1. The van der Waals surface area contributed by atoms with Gasteiger partial charge in [0.2, 0.25) is 0 Å². The van der Waals surface area contributed by atoms with Gasteiger partial charge in [-0.25, -0.2) is 15.0 Å². The van der Waals surface area contributed by atoms with Crippen LogP contribution in [0.4, 0.5) is 0 Å². The Morgan fingerprint density at radius 2 is 0.625 bits per heavy atom. The van der Waals surface area contributed by atoms with Crippen LogP contribution >= 0.6 is 0 Å².